The molecule has 0 saturated heterocycles. The topological polar surface area (TPSA) is 39.2 Å². The Bertz CT molecular complexity index is 581. The summed E-state index contributed by atoms with van der Waals surface area (Å²) in [5, 5.41) is 0.971. The van der Waals surface area contributed by atoms with Crippen molar-refractivity contribution >= 4 is 32.8 Å². The Morgan fingerprint density at radius 3 is 2.82 bits per heavy atom. The zero-order chi connectivity index (χ0) is 12.4. The van der Waals surface area contributed by atoms with Gasteiger partial charge in [0.1, 0.15) is 4.60 Å². The molecule has 88 valence electrons. The zero-order valence-corrected chi connectivity index (χ0v) is 11.2. The molecule has 2 aromatic rings. The van der Waals surface area contributed by atoms with E-state index in [9.17, 15) is 4.79 Å². The maximum absolute atomic E-state index is 11.8. The normalized spacial score (nSPS) is 10.5. The van der Waals surface area contributed by atoms with Gasteiger partial charge in [0.2, 0.25) is 0 Å². The first kappa shape index (κ1) is 12.0. The van der Waals surface area contributed by atoms with Gasteiger partial charge >= 0.3 is 5.97 Å². The molecular weight excluding hydrogens is 282 g/mol. The highest BCUT2D eigenvalue weighted by molar-refractivity contribution is 9.10. The van der Waals surface area contributed by atoms with Crippen molar-refractivity contribution < 1.29 is 9.53 Å². The number of ether oxygens (including phenoxy) is 1. The van der Waals surface area contributed by atoms with Gasteiger partial charge in [-0.25, -0.2) is 9.78 Å². The van der Waals surface area contributed by atoms with E-state index in [2.05, 4.69) is 20.9 Å². The second kappa shape index (κ2) is 4.84. The highest BCUT2D eigenvalue weighted by Crippen LogP contribution is 2.26. The fourth-order valence-electron chi connectivity index (χ4n) is 1.78. The van der Waals surface area contributed by atoms with Gasteiger partial charge in [-0.15, -0.1) is 0 Å². The lowest BCUT2D eigenvalue weighted by Gasteiger charge is -2.10. The van der Waals surface area contributed by atoms with Crippen LogP contribution < -0.4 is 0 Å². The molecule has 1 aromatic heterocycles. The van der Waals surface area contributed by atoms with Crippen LogP contribution >= 0.6 is 15.9 Å². The quantitative estimate of drug-likeness (QED) is 0.628. The number of carbonyl (C=O) groups is 1. The van der Waals surface area contributed by atoms with E-state index in [1.54, 1.807) is 6.92 Å². The van der Waals surface area contributed by atoms with E-state index in [0.29, 0.717) is 16.8 Å². The zero-order valence-electron chi connectivity index (χ0n) is 9.66. The molecule has 0 fully saturated rings. The third-order valence-electron chi connectivity index (χ3n) is 2.59. The maximum atomic E-state index is 11.8. The number of halogens is 1. The smallest absolute Gasteiger partial charge is 0.341 e. The minimum absolute atomic E-state index is 0.338. The number of hydrogen-bond acceptors (Lipinski definition) is 3. The van der Waals surface area contributed by atoms with E-state index in [0.717, 1.165) is 16.5 Å². The van der Waals surface area contributed by atoms with Crippen LogP contribution in [0.2, 0.25) is 0 Å². The summed E-state index contributed by atoms with van der Waals surface area (Å²) in [6, 6.07) is 7.72. The van der Waals surface area contributed by atoms with E-state index in [-0.39, 0.29) is 5.97 Å². The summed E-state index contributed by atoms with van der Waals surface area (Å²) >= 11 is 3.33. The highest BCUT2D eigenvalue weighted by Gasteiger charge is 2.17. The number of pyridine rings is 1. The molecule has 3 nitrogen and oxygen atoms in total. The molecule has 0 aliphatic rings. The second-order valence-electron chi connectivity index (χ2n) is 3.64. The average molecular weight is 294 g/mol. The third kappa shape index (κ3) is 2.17. The SMILES string of the molecule is CCOC(=O)c1c(Br)nc2ccccc2c1C. The van der Waals surface area contributed by atoms with Crippen LogP contribution in [0, 0.1) is 6.92 Å². The van der Waals surface area contributed by atoms with Crippen LogP contribution in [0.4, 0.5) is 0 Å². The Morgan fingerprint density at radius 1 is 1.41 bits per heavy atom. The molecule has 4 heteroatoms. The largest absolute Gasteiger partial charge is 0.462 e. The van der Waals surface area contributed by atoms with Gasteiger partial charge in [-0.3, -0.25) is 0 Å². The van der Waals surface area contributed by atoms with Crippen molar-refractivity contribution in [1.82, 2.24) is 4.98 Å². The fourth-order valence-corrected chi connectivity index (χ4v) is 2.43. The molecule has 0 atom stereocenters. The van der Waals surface area contributed by atoms with Gasteiger partial charge in [0.25, 0.3) is 0 Å². The summed E-state index contributed by atoms with van der Waals surface area (Å²) < 4.78 is 5.56. The van der Waals surface area contributed by atoms with E-state index in [1.165, 1.54) is 0 Å². The number of esters is 1. The summed E-state index contributed by atoms with van der Waals surface area (Å²) in [5.74, 6) is -0.338. The molecule has 0 unspecified atom stereocenters. The standard InChI is InChI=1S/C13H12BrNO2/c1-3-17-13(16)11-8(2)9-6-4-5-7-10(9)15-12(11)14/h4-7H,3H2,1-2H3. The van der Waals surface area contributed by atoms with Crippen molar-refractivity contribution in [3.8, 4) is 0 Å². The van der Waals surface area contributed by atoms with E-state index < -0.39 is 0 Å². The Balaban J connectivity index is 2.67. The van der Waals surface area contributed by atoms with E-state index >= 15 is 0 Å². The van der Waals surface area contributed by atoms with Crippen LogP contribution in [0.1, 0.15) is 22.8 Å². The molecule has 17 heavy (non-hydrogen) atoms. The first-order valence-electron chi connectivity index (χ1n) is 5.37. The minimum atomic E-state index is -0.338. The molecule has 1 aromatic carbocycles. The lowest BCUT2D eigenvalue weighted by atomic mass is 10.1. The molecule has 0 N–H and O–H groups in total. The molecule has 0 saturated carbocycles. The first-order valence-corrected chi connectivity index (χ1v) is 6.16. The summed E-state index contributed by atoms with van der Waals surface area (Å²) in [6.45, 7) is 4.05. The van der Waals surface area contributed by atoms with Crippen molar-refractivity contribution in [2.45, 2.75) is 13.8 Å². The monoisotopic (exact) mass is 293 g/mol. The van der Waals surface area contributed by atoms with Crippen molar-refractivity contribution in [3.05, 3.63) is 40.0 Å². The van der Waals surface area contributed by atoms with Crippen LogP contribution in [-0.2, 0) is 4.74 Å². The Hall–Kier alpha value is -1.42. The number of carbonyl (C=O) groups excluding carboxylic acids is 1. The van der Waals surface area contributed by atoms with Gasteiger partial charge in [-0.05, 0) is 41.4 Å². The molecule has 0 bridgehead atoms. The van der Waals surface area contributed by atoms with Crippen molar-refractivity contribution in [3.63, 3.8) is 0 Å². The average Bonchev–Trinajstić information content (AvgIpc) is 2.29. The number of benzene rings is 1. The molecule has 0 radical (unpaired) electrons. The molecule has 0 aliphatic heterocycles. The predicted octanol–water partition coefficient (Wildman–Crippen LogP) is 3.48. The second-order valence-corrected chi connectivity index (χ2v) is 4.39. The lowest BCUT2D eigenvalue weighted by molar-refractivity contribution is 0.0524. The van der Waals surface area contributed by atoms with Crippen molar-refractivity contribution in [1.29, 1.82) is 0 Å². The molecule has 0 amide bonds. The summed E-state index contributed by atoms with van der Waals surface area (Å²) in [6.07, 6.45) is 0. The van der Waals surface area contributed by atoms with Crippen LogP contribution in [0.15, 0.2) is 28.9 Å². The number of rotatable bonds is 2. The van der Waals surface area contributed by atoms with Gasteiger partial charge in [-0.1, -0.05) is 18.2 Å². The Kier molecular flexibility index (Phi) is 3.43. The number of fused-ring (bicyclic) bond motifs is 1. The molecule has 2 rings (SSSR count). The number of nitrogens with zero attached hydrogens (tertiary/aromatic N) is 1. The number of aromatic nitrogens is 1. The predicted molar refractivity (Wildman–Crippen MR) is 70.1 cm³/mol. The van der Waals surface area contributed by atoms with Crippen molar-refractivity contribution in [2.24, 2.45) is 0 Å². The number of para-hydroxylation sites is 1. The van der Waals surface area contributed by atoms with Gasteiger partial charge in [0, 0.05) is 5.39 Å². The Labute approximate surface area is 108 Å². The maximum Gasteiger partial charge on any atom is 0.341 e. The van der Waals surface area contributed by atoms with E-state index in [4.69, 9.17) is 4.74 Å². The number of aryl methyl sites for hydroxylation is 1. The lowest BCUT2D eigenvalue weighted by Crippen LogP contribution is -2.09. The van der Waals surface area contributed by atoms with Crippen molar-refractivity contribution in [2.75, 3.05) is 6.61 Å². The first-order chi connectivity index (χ1) is 8.15. The molecular formula is C13H12BrNO2. The van der Waals surface area contributed by atoms with Gasteiger partial charge in [0.15, 0.2) is 0 Å². The van der Waals surface area contributed by atoms with E-state index in [1.807, 2.05) is 31.2 Å². The molecule has 0 spiro atoms. The van der Waals surface area contributed by atoms with Gasteiger partial charge in [-0.2, -0.15) is 0 Å². The highest BCUT2D eigenvalue weighted by atomic mass is 79.9. The van der Waals surface area contributed by atoms with Crippen LogP contribution in [0.3, 0.4) is 0 Å². The summed E-state index contributed by atoms with van der Waals surface area (Å²) in [4.78, 5) is 16.2. The number of hydrogen-bond donors (Lipinski definition) is 0. The molecule has 0 aliphatic carbocycles. The van der Waals surface area contributed by atoms with Crippen LogP contribution in [0.25, 0.3) is 10.9 Å². The summed E-state index contributed by atoms with van der Waals surface area (Å²) in [7, 11) is 0. The molecule has 1 heterocycles. The van der Waals surface area contributed by atoms with Gasteiger partial charge in [0.05, 0.1) is 17.7 Å². The van der Waals surface area contributed by atoms with Crippen LogP contribution in [0.5, 0.6) is 0 Å². The minimum Gasteiger partial charge on any atom is -0.462 e. The van der Waals surface area contributed by atoms with Gasteiger partial charge < -0.3 is 4.74 Å². The third-order valence-corrected chi connectivity index (χ3v) is 3.16. The fraction of sp³-hybridized carbons (Fsp3) is 0.231. The Morgan fingerprint density at radius 2 is 2.12 bits per heavy atom. The summed E-state index contributed by atoms with van der Waals surface area (Å²) in [5.41, 5.74) is 2.26. The van der Waals surface area contributed by atoms with Crippen LogP contribution in [-0.4, -0.2) is 17.6 Å².